The number of aryl methyl sites for hydroxylation is 1. The van der Waals surface area contributed by atoms with Crippen molar-refractivity contribution in [2.45, 2.75) is 38.2 Å². The highest BCUT2D eigenvalue weighted by Crippen LogP contribution is 2.33. The van der Waals surface area contributed by atoms with Gasteiger partial charge < -0.3 is 25.7 Å². The summed E-state index contributed by atoms with van der Waals surface area (Å²) in [5.74, 6) is -1.38. The molecule has 1 fully saturated rings. The van der Waals surface area contributed by atoms with Crippen molar-refractivity contribution in [3.8, 4) is 11.5 Å². The maximum absolute atomic E-state index is 11.5. The molecule has 1 saturated heterocycles. The van der Waals surface area contributed by atoms with Crippen LogP contribution in [0.2, 0.25) is 6.32 Å². The Balaban J connectivity index is 2.06. The Labute approximate surface area is 142 Å². The molecule has 1 aromatic carbocycles. The number of carboxylic acid groups (broad SMARTS) is 1. The first-order valence-corrected chi connectivity index (χ1v) is 7.93. The topological polar surface area (TPSA) is 116 Å². The summed E-state index contributed by atoms with van der Waals surface area (Å²) in [4.78, 5) is 13.6. The van der Waals surface area contributed by atoms with Gasteiger partial charge in [-0.05, 0) is 38.2 Å². The van der Waals surface area contributed by atoms with Crippen LogP contribution in [-0.4, -0.2) is 64.9 Å². The van der Waals surface area contributed by atoms with Crippen molar-refractivity contribution in [1.29, 1.82) is 0 Å². The fourth-order valence-electron chi connectivity index (χ4n) is 2.82. The van der Waals surface area contributed by atoms with Crippen molar-refractivity contribution in [2.24, 2.45) is 5.73 Å². The Morgan fingerprint density at radius 3 is 2.67 bits per heavy atom. The number of aromatic hydroxyl groups is 1. The zero-order valence-corrected chi connectivity index (χ0v) is 14.0. The number of rotatable bonds is 8. The maximum Gasteiger partial charge on any atom is 0.343 e. The summed E-state index contributed by atoms with van der Waals surface area (Å²) < 4.78 is 5.75. The van der Waals surface area contributed by atoms with E-state index in [9.17, 15) is 15.0 Å². The molecule has 1 aliphatic rings. The number of ether oxygens (including phenoxy) is 1. The molecule has 1 aromatic rings. The number of phenols is 1. The van der Waals surface area contributed by atoms with Crippen LogP contribution < -0.4 is 10.5 Å². The predicted molar refractivity (Wildman–Crippen MR) is 90.7 cm³/mol. The van der Waals surface area contributed by atoms with Crippen LogP contribution >= 0.6 is 0 Å². The highest BCUT2D eigenvalue weighted by Gasteiger charge is 2.32. The molecule has 0 saturated carbocycles. The molecule has 0 unspecified atom stereocenters. The molecule has 0 aromatic heterocycles. The van der Waals surface area contributed by atoms with Crippen LogP contribution in [0.1, 0.15) is 29.8 Å². The first kappa shape index (κ1) is 18.6. The lowest BCUT2D eigenvalue weighted by Gasteiger charge is -2.42. The molecular formula is C16H24BN2O5. The molecule has 2 rings (SSSR count). The summed E-state index contributed by atoms with van der Waals surface area (Å²) in [7, 11) is 0.978. The molecule has 5 N–H and O–H groups in total. The third-order valence-electron chi connectivity index (χ3n) is 3.83. The van der Waals surface area contributed by atoms with Gasteiger partial charge in [-0.3, -0.25) is 4.90 Å². The van der Waals surface area contributed by atoms with Crippen molar-refractivity contribution in [1.82, 2.24) is 4.90 Å². The van der Waals surface area contributed by atoms with Gasteiger partial charge in [0.05, 0.1) is 0 Å². The van der Waals surface area contributed by atoms with Crippen molar-refractivity contribution in [2.75, 3.05) is 19.6 Å². The second kappa shape index (κ2) is 7.42. The van der Waals surface area contributed by atoms with E-state index in [4.69, 9.17) is 15.5 Å². The van der Waals surface area contributed by atoms with E-state index in [1.807, 2.05) is 13.8 Å². The van der Waals surface area contributed by atoms with Crippen molar-refractivity contribution in [3.05, 3.63) is 23.3 Å². The summed E-state index contributed by atoms with van der Waals surface area (Å²) >= 11 is 0. The van der Waals surface area contributed by atoms with Crippen LogP contribution in [0.15, 0.2) is 12.1 Å². The standard InChI is InChI=1S/C16H24BN2O5/c1-16(2,18)9-19-7-11(8-19)24-12-4-3-10(5-6-17-23)14(20)13(12)15(21)22/h3-4,11,20,23H,5-9,18H2,1-2H3,(H,21,22). The maximum atomic E-state index is 11.5. The molecular weight excluding hydrogens is 311 g/mol. The van der Waals surface area contributed by atoms with E-state index in [1.165, 1.54) is 0 Å². The zero-order chi connectivity index (χ0) is 17.9. The third-order valence-corrected chi connectivity index (χ3v) is 3.83. The van der Waals surface area contributed by atoms with Gasteiger partial charge in [0.25, 0.3) is 7.48 Å². The van der Waals surface area contributed by atoms with Gasteiger partial charge in [-0.25, -0.2) is 4.79 Å². The number of carbonyl (C=O) groups is 1. The van der Waals surface area contributed by atoms with Gasteiger partial charge in [-0.1, -0.05) is 6.07 Å². The summed E-state index contributed by atoms with van der Waals surface area (Å²) in [6.07, 6.45) is 0.562. The van der Waals surface area contributed by atoms with E-state index in [0.29, 0.717) is 31.4 Å². The number of aromatic carboxylic acids is 1. The summed E-state index contributed by atoms with van der Waals surface area (Å²) in [5.41, 5.74) is 5.91. The SMILES string of the molecule is CC(C)(N)CN1CC(Oc2ccc(CC[B]O)c(O)c2C(=O)O)C1. The smallest absolute Gasteiger partial charge is 0.343 e. The third kappa shape index (κ3) is 4.62. The first-order chi connectivity index (χ1) is 11.2. The van der Waals surface area contributed by atoms with Gasteiger partial charge in [0.15, 0.2) is 0 Å². The largest absolute Gasteiger partial charge is 0.507 e. The van der Waals surface area contributed by atoms with Gasteiger partial charge in [-0.15, -0.1) is 0 Å². The second-order valence-electron chi connectivity index (χ2n) is 6.90. The van der Waals surface area contributed by atoms with E-state index in [-0.39, 0.29) is 28.7 Å². The monoisotopic (exact) mass is 335 g/mol. The van der Waals surface area contributed by atoms with Crippen molar-refractivity contribution in [3.63, 3.8) is 0 Å². The van der Waals surface area contributed by atoms with Crippen LogP contribution in [0, 0.1) is 0 Å². The second-order valence-corrected chi connectivity index (χ2v) is 6.90. The quantitative estimate of drug-likeness (QED) is 0.510. The van der Waals surface area contributed by atoms with Gasteiger partial charge >= 0.3 is 5.97 Å². The van der Waals surface area contributed by atoms with Gasteiger partial charge in [0.1, 0.15) is 23.2 Å². The van der Waals surface area contributed by atoms with E-state index in [1.54, 1.807) is 12.1 Å². The Bertz CT molecular complexity index is 597. The van der Waals surface area contributed by atoms with E-state index in [2.05, 4.69) is 4.90 Å². The first-order valence-electron chi connectivity index (χ1n) is 7.93. The molecule has 7 nitrogen and oxygen atoms in total. The molecule has 1 radical (unpaired) electrons. The van der Waals surface area contributed by atoms with Crippen LogP contribution in [0.5, 0.6) is 11.5 Å². The molecule has 0 spiro atoms. The highest BCUT2D eigenvalue weighted by atomic mass is 16.5. The fraction of sp³-hybridized carbons (Fsp3) is 0.562. The van der Waals surface area contributed by atoms with Gasteiger partial charge in [-0.2, -0.15) is 0 Å². The Morgan fingerprint density at radius 1 is 1.46 bits per heavy atom. The summed E-state index contributed by atoms with van der Waals surface area (Å²) in [5, 5.41) is 28.3. The number of nitrogens with zero attached hydrogens (tertiary/aromatic N) is 1. The number of nitrogens with two attached hydrogens (primary N) is 1. The molecule has 0 atom stereocenters. The summed E-state index contributed by atoms with van der Waals surface area (Å²) in [6, 6.07) is 3.19. The van der Waals surface area contributed by atoms with E-state index in [0.717, 1.165) is 14.0 Å². The lowest BCUT2D eigenvalue weighted by atomic mass is 9.90. The van der Waals surface area contributed by atoms with Crippen LogP contribution in [0.4, 0.5) is 0 Å². The van der Waals surface area contributed by atoms with E-state index >= 15 is 0 Å². The van der Waals surface area contributed by atoms with Gasteiger partial charge in [0, 0.05) is 25.2 Å². The summed E-state index contributed by atoms with van der Waals surface area (Å²) in [6.45, 7) is 5.97. The number of hydrogen-bond acceptors (Lipinski definition) is 6. The lowest BCUT2D eigenvalue weighted by Crippen LogP contribution is -2.59. The molecule has 8 heteroatoms. The molecule has 0 bridgehead atoms. The van der Waals surface area contributed by atoms with Gasteiger partial charge in [0.2, 0.25) is 0 Å². The van der Waals surface area contributed by atoms with E-state index < -0.39 is 5.97 Å². The average molecular weight is 335 g/mol. The minimum absolute atomic E-state index is 0.124. The lowest BCUT2D eigenvalue weighted by molar-refractivity contribution is 0.00878. The highest BCUT2D eigenvalue weighted by molar-refractivity contribution is 6.25. The number of hydrogen-bond donors (Lipinski definition) is 4. The minimum atomic E-state index is -1.24. The molecule has 1 heterocycles. The molecule has 0 aliphatic carbocycles. The molecule has 24 heavy (non-hydrogen) atoms. The van der Waals surface area contributed by atoms with Crippen LogP contribution in [0.3, 0.4) is 0 Å². The number of likely N-dealkylation sites (tertiary alicyclic amines) is 1. The molecule has 0 amide bonds. The zero-order valence-electron chi connectivity index (χ0n) is 14.0. The predicted octanol–water partition coefficient (Wildman–Crippen LogP) is 0.463. The Morgan fingerprint density at radius 2 is 2.12 bits per heavy atom. The average Bonchev–Trinajstić information content (AvgIpc) is 2.42. The Kier molecular flexibility index (Phi) is 5.74. The normalized spacial score (nSPS) is 15.8. The van der Waals surface area contributed by atoms with Crippen LogP contribution in [0.25, 0.3) is 0 Å². The number of benzene rings is 1. The molecule has 1 aliphatic heterocycles. The van der Waals surface area contributed by atoms with Crippen molar-refractivity contribution < 1.29 is 24.8 Å². The fourth-order valence-corrected chi connectivity index (χ4v) is 2.82. The number of carboxylic acids is 1. The molecule has 131 valence electrons. The van der Waals surface area contributed by atoms with Crippen molar-refractivity contribution >= 4 is 13.5 Å². The van der Waals surface area contributed by atoms with Crippen LogP contribution in [-0.2, 0) is 6.42 Å². The minimum Gasteiger partial charge on any atom is -0.507 e. The Hall–Kier alpha value is -1.77.